The van der Waals surface area contributed by atoms with Crippen molar-refractivity contribution < 1.29 is 9.13 Å². The Morgan fingerprint density at radius 1 is 1.20 bits per heavy atom. The van der Waals surface area contributed by atoms with Crippen LogP contribution in [-0.4, -0.2) is 11.6 Å². The van der Waals surface area contributed by atoms with Crippen LogP contribution in [0.25, 0.3) is 0 Å². The smallest absolute Gasteiger partial charge is 0.238 e. The summed E-state index contributed by atoms with van der Waals surface area (Å²) in [6, 6.07) is 9.88. The van der Waals surface area contributed by atoms with Gasteiger partial charge in [-0.15, -0.1) is 0 Å². The summed E-state index contributed by atoms with van der Waals surface area (Å²) in [5, 5.41) is 0.768. The first-order chi connectivity index (χ1) is 9.54. The lowest BCUT2D eigenvalue weighted by molar-refractivity contribution is 0.261. The molecular formula is C15H17FN2OS. The molecule has 5 heteroatoms. The van der Waals surface area contributed by atoms with Crippen molar-refractivity contribution in [2.75, 3.05) is 12.3 Å². The summed E-state index contributed by atoms with van der Waals surface area (Å²) in [5.74, 6) is 0.607. The number of aromatic nitrogens is 1. The minimum absolute atomic E-state index is 0.249. The molecule has 1 heterocycles. The summed E-state index contributed by atoms with van der Waals surface area (Å²) in [5.41, 5.74) is 6.36. The van der Waals surface area contributed by atoms with Crippen molar-refractivity contribution in [1.82, 2.24) is 4.98 Å². The number of ether oxygens (including phenoxy) is 1. The molecule has 3 nitrogen and oxygen atoms in total. The Balaban J connectivity index is 2.12. The minimum Gasteiger partial charge on any atom is -0.476 e. The van der Waals surface area contributed by atoms with Gasteiger partial charge in [-0.05, 0) is 42.3 Å². The van der Waals surface area contributed by atoms with E-state index in [1.807, 2.05) is 6.07 Å². The summed E-state index contributed by atoms with van der Waals surface area (Å²) in [6.45, 7) is 4.70. The van der Waals surface area contributed by atoms with Crippen LogP contribution in [0.2, 0.25) is 0 Å². The van der Waals surface area contributed by atoms with Gasteiger partial charge >= 0.3 is 0 Å². The summed E-state index contributed by atoms with van der Waals surface area (Å²) < 4.78 is 18.4. The Morgan fingerprint density at radius 3 is 2.55 bits per heavy atom. The summed E-state index contributed by atoms with van der Waals surface area (Å²) in [4.78, 5) is 5.30. The van der Waals surface area contributed by atoms with Gasteiger partial charge in [-0.1, -0.05) is 25.6 Å². The van der Waals surface area contributed by atoms with Crippen molar-refractivity contribution in [1.29, 1.82) is 0 Å². The quantitative estimate of drug-likeness (QED) is 0.905. The molecule has 20 heavy (non-hydrogen) atoms. The number of hydrogen-bond donors (Lipinski definition) is 1. The Labute approximate surface area is 122 Å². The normalized spacial score (nSPS) is 10.8. The SMILES string of the molecule is CC(C)COc1nc(Sc2ccc(F)cc2)ccc1N. The van der Waals surface area contributed by atoms with Crippen LogP contribution in [0.3, 0.4) is 0 Å². The van der Waals surface area contributed by atoms with Gasteiger partial charge in [0.2, 0.25) is 5.88 Å². The Bertz CT molecular complexity index is 573. The molecule has 0 aliphatic rings. The predicted octanol–water partition coefficient (Wildman–Crippen LogP) is 3.99. The summed E-state index contributed by atoms with van der Waals surface area (Å²) in [7, 11) is 0. The standard InChI is InChI=1S/C15H17FN2OS/c1-10(2)9-19-15-13(17)7-8-14(18-15)20-12-5-3-11(16)4-6-12/h3-8,10H,9,17H2,1-2H3. The Kier molecular flexibility index (Phi) is 4.84. The second-order valence-corrected chi connectivity index (χ2v) is 5.90. The molecule has 2 N–H and O–H groups in total. The highest BCUT2D eigenvalue weighted by Gasteiger charge is 2.07. The lowest BCUT2D eigenvalue weighted by Gasteiger charge is -2.11. The average molecular weight is 292 g/mol. The molecule has 2 aromatic rings. The van der Waals surface area contributed by atoms with Crippen molar-refractivity contribution in [2.24, 2.45) is 5.92 Å². The van der Waals surface area contributed by atoms with Crippen LogP contribution in [0.4, 0.5) is 10.1 Å². The number of benzene rings is 1. The number of pyridine rings is 1. The van der Waals surface area contributed by atoms with Crippen LogP contribution < -0.4 is 10.5 Å². The lowest BCUT2D eigenvalue weighted by atomic mass is 10.2. The predicted molar refractivity (Wildman–Crippen MR) is 79.5 cm³/mol. The second kappa shape index (κ2) is 6.61. The second-order valence-electron chi connectivity index (χ2n) is 4.80. The maximum absolute atomic E-state index is 12.9. The molecule has 0 aliphatic carbocycles. The number of rotatable bonds is 5. The fraction of sp³-hybridized carbons (Fsp3) is 0.267. The minimum atomic E-state index is -0.249. The van der Waals surface area contributed by atoms with E-state index < -0.39 is 0 Å². The molecule has 0 saturated heterocycles. The number of nitrogen functional groups attached to an aromatic ring is 1. The lowest BCUT2D eigenvalue weighted by Crippen LogP contribution is -2.07. The number of anilines is 1. The van der Waals surface area contributed by atoms with Crippen LogP contribution >= 0.6 is 11.8 Å². The fourth-order valence-corrected chi connectivity index (χ4v) is 2.25. The van der Waals surface area contributed by atoms with E-state index in [0.717, 1.165) is 9.92 Å². The highest BCUT2D eigenvalue weighted by molar-refractivity contribution is 7.99. The molecule has 0 aliphatic heterocycles. The highest BCUT2D eigenvalue weighted by atomic mass is 32.2. The van der Waals surface area contributed by atoms with Gasteiger partial charge in [0.1, 0.15) is 10.8 Å². The van der Waals surface area contributed by atoms with E-state index in [9.17, 15) is 4.39 Å². The zero-order valence-corrected chi connectivity index (χ0v) is 12.3. The molecule has 0 unspecified atom stereocenters. The molecule has 0 saturated carbocycles. The third-order valence-electron chi connectivity index (χ3n) is 2.45. The van der Waals surface area contributed by atoms with E-state index >= 15 is 0 Å². The van der Waals surface area contributed by atoms with E-state index in [2.05, 4.69) is 18.8 Å². The largest absolute Gasteiger partial charge is 0.476 e. The van der Waals surface area contributed by atoms with Crippen LogP contribution in [0, 0.1) is 11.7 Å². The average Bonchev–Trinajstić information content (AvgIpc) is 2.42. The van der Waals surface area contributed by atoms with E-state index in [-0.39, 0.29) is 5.82 Å². The number of hydrogen-bond acceptors (Lipinski definition) is 4. The zero-order chi connectivity index (χ0) is 14.5. The molecule has 1 aromatic carbocycles. The maximum Gasteiger partial charge on any atom is 0.238 e. The van der Waals surface area contributed by atoms with E-state index in [1.54, 1.807) is 18.2 Å². The number of nitrogens with zero attached hydrogens (tertiary/aromatic N) is 1. The van der Waals surface area contributed by atoms with Crippen LogP contribution in [0.1, 0.15) is 13.8 Å². The monoisotopic (exact) mass is 292 g/mol. The fourth-order valence-electron chi connectivity index (χ4n) is 1.48. The first kappa shape index (κ1) is 14.7. The molecular weight excluding hydrogens is 275 g/mol. The first-order valence-corrected chi connectivity index (χ1v) is 7.19. The van der Waals surface area contributed by atoms with Gasteiger partial charge in [0.25, 0.3) is 0 Å². The summed E-state index contributed by atoms with van der Waals surface area (Å²) in [6.07, 6.45) is 0. The van der Waals surface area contributed by atoms with Crippen molar-refractivity contribution in [3.05, 3.63) is 42.2 Å². The van der Waals surface area contributed by atoms with Crippen LogP contribution in [-0.2, 0) is 0 Å². The van der Waals surface area contributed by atoms with Gasteiger partial charge in [0, 0.05) is 4.90 Å². The molecule has 0 amide bonds. The first-order valence-electron chi connectivity index (χ1n) is 6.37. The maximum atomic E-state index is 12.9. The Morgan fingerprint density at radius 2 is 1.90 bits per heavy atom. The topological polar surface area (TPSA) is 48.1 Å². The summed E-state index contributed by atoms with van der Waals surface area (Å²) >= 11 is 1.44. The van der Waals surface area contributed by atoms with E-state index in [4.69, 9.17) is 10.5 Å². The Hall–Kier alpha value is -1.75. The van der Waals surface area contributed by atoms with E-state index in [0.29, 0.717) is 24.1 Å². The number of halogens is 1. The third kappa shape index (κ3) is 4.13. The van der Waals surface area contributed by atoms with Crippen molar-refractivity contribution >= 4 is 17.4 Å². The van der Waals surface area contributed by atoms with Crippen molar-refractivity contribution in [2.45, 2.75) is 23.8 Å². The molecule has 1 aromatic heterocycles. The third-order valence-corrected chi connectivity index (χ3v) is 3.40. The molecule has 106 valence electrons. The van der Waals surface area contributed by atoms with Crippen LogP contribution in [0.5, 0.6) is 5.88 Å². The molecule has 0 fully saturated rings. The van der Waals surface area contributed by atoms with Crippen molar-refractivity contribution in [3.8, 4) is 5.88 Å². The van der Waals surface area contributed by atoms with Gasteiger partial charge in [-0.3, -0.25) is 0 Å². The van der Waals surface area contributed by atoms with Gasteiger partial charge in [0.05, 0.1) is 12.3 Å². The highest BCUT2D eigenvalue weighted by Crippen LogP contribution is 2.30. The molecule has 0 atom stereocenters. The van der Waals surface area contributed by atoms with Gasteiger partial charge < -0.3 is 10.5 Å². The van der Waals surface area contributed by atoms with Gasteiger partial charge in [-0.2, -0.15) is 0 Å². The number of nitrogens with two attached hydrogens (primary N) is 1. The molecule has 0 spiro atoms. The van der Waals surface area contributed by atoms with Crippen molar-refractivity contribution in [3.63, 3.8) is 0 Å². The molecule has 2 rings (SSSR count). The zero-order valence-electron chi connectivity index (χ0n) is 11.5. The molecule has 0 radical (unpaired) electrons. The van der Waals surface area contributed by atoms with Crippen LogP contribution in [0.15, 0.2) is 46.3 Å². The van der Waals surface area contributed by atoms with Gasteiger partial charge in [-0.25, -0.2) is 9.37 Å². The van der Waals surface area contributed by atoms with Gasteiger partial charge in [0.15, 0.2) is 0 Å². The molecule has 0 bridgehead atoms. The van der Waals surface area contributed by atoms with E-state index in [1.165, 1.54) is 23.9 Å².